The molecule has 1 aliphatic rings. The van der Waals surface area contributed by atoms with E-state index < -0.39 is 0 Å². The van der Waals surface area contributed by atoms with Crippen molar-refractivity contribution in [3.8, 4) is 11.5 Å². The number of aryl methyl sites for hydroxylation is 1. The Balaban J connectivity index is 1.50. The zero-order chi connectivity index (χ0) is 23.4. The maximum absolute atomic E-state index is 12.5. The van der Waals surface area contributed by atoms with Gasteiger partial charge >= 0.3 is 0 Å². The lowest BCUT2D eigenvalue weighted by Gasteiger charge is -2.11. The molecular formula is C26H23IN2O3S. The number of nitrogens with one attached hydrogen (secondary N) is 1. The van der Waals surface area contributed by atoms with Crippen LogP contribution >= 0.6 is 34.4 Å². The van der Waals surface area contributed by atoms with Gasteiger partial charge < -0.3 is 14.8 Å². The van der Waals surface area contributed by atoms with Gasteiger partial charge in [-0.1, -0.05) is 30.3 Å². The van der Waals surface area contributed by atoms with Crippen LogP contribution in [0.1, 0.15) is 22.3 Å². The van der Waals surface area contributed by atoms with Gasteiger partial charge in [0.1, 0.15) is 6.61 Å². The van der Waals surface area contributed by atoms with Crippen molar-refractivity contribution >= 4 is 57.2 Å². The second-order valence-corrected chi connectivity index (χ2v) is 9.80. The number of carbonyl (C=O) groups is 1. The second-order valence-electron chi connectivity index (χ2n) is 7.53. The number of amides is 1. The van der Waals surface area contributed by atoms with Crippen LogP contribution in [0.2, 0.25) is 0 Å². The van der Waals surface area contributed by atoms with Gasteiger partial charge in [-0.25, -0.2) is 4.99 Å². The van der Waals surface area contributed by atoms with E-state index in [0.29, 0.717) is 28.2 Å². The topological polar surface area (TPSA) is 59.9 Å². The molecule has 0 aromatic heterocycles. The molecule has 1 N–H and O–H groups in total. The Hall–Kier alpha value is -2.78. The first-order valence-electron chi connectivity index (χ1n) is 10.3. The molecular weight excluding hydrogens is 547 g/mol. The van der Waals surface area contributed by atoms with E-state index in [0.717, 1.165) is 22.4 Å². The molecule has 1 aliphatic heterocycles. The molecule has 0 saturated carbocycles. The molecule has 0 aliphatic carbocycles. The van der Waals surface area contributed by atoms with Gasteiger partial charge in [0.15, 0.2) is 16.7 Å². The fourth-order valence-electron chi connectivity index (χ4n) is 3.23. The average molecular weight is 570 g/mol. The number of amidine groups is 1. The molecule has 33 heavy (non-hydrogen) atoms. The van der Waals surface area contributed by atoms with Crippen molar-refractivity contribution in [3.05, 3.63) is 91.4 Å². The van der Waals surface area contributed by atoms with Crippen molar-refractivity contribution < 1.29 is 14.3 Å². The van der Waals surface area contributed by atoms with E-state index >= 15 is 0 Å². The minimum Gasteiger partial charge on any atom is -0.493 e. The van der Waals surface area contributed by atoms with Crippen molar-refractivity contribution in [1.82, 2.24) is 5.32 Å². The first-order valence-corrected chi connectivity index (χ1v) is 12.2. The van der Waals surface area contributed by atoms with Crippen LogP contribution in [0.5, 0.6) is 11.5 Å². The molecule has 1 fully saturated rings. The highest BCUT2D eigenvalue weighted by molar-refractivity contribution is 14.1. The fourth-order valence-corrected chi connectivity index (χ4v) is 4.43. The summed E-state index contributed by atoms with van der Waals surface area (Å²) < 4.78 is 12.7. The van der Waals surface area contributed by atoms with Crippen molar-refractivity contribution in [3.63, 3.8) is 0 Å². The van der Waals surface area contributed by atoms with Crippen LogP contribution < -0.4 is 14.8 Å². The van der Waals surface area contributed by atoms with E-state index in [9.17, 15) is 4.79 Å². The van der Waals surface area contributed by atoms with Gasteiger partial charge in [-0.05, 0) is 107 Å². The number of ether oxygens (including phenoxy) is 2. The molecule has 0 bridgehead atoms. The fraction of sp³-hybridized carbons (Fsp3) is 0.154. The standard InChI is InChI=1S/C26H23IN2O3S/c1-16-5-4-6-21(17(16)2)28-26-29-25(30)24(33-26)14-19-9-12-22(23(13-19)31-3)32-15-18-7-10-20(27)11-8-18/h4-14H,15H2,1-3H3,(H,28,29,30)/b24-14-. The van der Waals surface area contributed by atoms with Crippen LogP contribution in [0.3, 0.4) is 0 Å². The van der Waals surface area contributed by atoms with E-state index in [4.69, 9.17) is 9.47 Å². The summed E-state index contributed by atoms with van der Waals surface area (Å²) in [5.41, 5.74) is 5.05. The molecule has 1 heterocycles. The van der Waals surface area contributed by atoms with Gasteiger partial charge in [0, 0.05) is 3.57 Å². The molecule has 7 heteroatoms. The number of hydrogen-bond donors (Lipinski definition) is 1. The van der Waals surface area contributed by atoms with E-state index in [-0.39, 0.29) is 5.91 Å². The molecule has 1 amide bonds. The molecule has 0 spiro atoms. The number of hydrogen-bond acceptors (Lipinski definition) is 5. The maximum Gasteiger partial charge on any atom is 0.264 e. The van der Waals surface area contributed by atoms with E-state index in [1.807, 2.05) is 80.6 Å². The van der Waals surface area contributed by atoms with Gasteiger partial charge in [0.25, 0.3) is 5.91 Å². The first kappa shape index (κ1) is 23.4. The summed E-state index contributed by atoms with van der Waals surface area (Å²) in [5, 5.41) is 3.42. The predicted molar refractivity (Wildman–Crippen MR) is 143 cm³/mol. The molecule has 168 valence electrons. The summed E-state index contributed by atoms with van der Waals surface area (Å²) in [7, 11) is 1.61. The van der Waals surface area contributed by atoms with Gasteiger partial charge in [-0.15, -0.1) is 0 Å². The Morgan fingerprint density at radius 2 is 1.85 bits per heavy atom. The molecule has 4 rings (SSSR count). The highest BCUT2D eigenvalue weighted by atomic mass is 127. The van der Waals surface area contributed by atoms with Crippen molar-refractivity contribution in [2.24, 2.45) is 4.99 Å². The Kier molecular flexibility index (Phi) is 7.39. The zero-order valence-electron chi connectivity index (χ0n) is 18.5. The van der Waals surface area contributed by atoms with Crippen molar-refractivity contribution in [2.45, 2.75) is 20.5 Å². The van der Waals surface area contributed by atoms with Crippen LogP contribution in [0.15, 0.2) is 70.6 Å². The Labute approximate surface area is 211 Å². The second kappa shape index (κ2) is 10.4. The van der Waals surface area contributed by atoms with Crippen LogP contribution in [0.4, 0.5) is 5.69 Å². The summed E-state index contributed by atoms with van der Waals surface area (Å²) in [6.07, 6.45) is 1.83. The summed E-state index contributed by atoms with van der Waals surface area (Å²) in [6.45, 7) is 4.53. The lowest BCUT2D eigenvalue weighted by molar-refractivity contribution is -0.115. The molecule has 1 saturated heterocycles. The third-order valence-corrected chi connectivity index (χ3v) is 6.87. The minimum atomic E-state index is -0.165. The van der Waals surface area contributed by atoms with E-state index in [1.165, 1.54) is 20.9 Å². The van der Waals surface area contributed by atoms with E-state index in [1.54, 1.807) is 7.11 Å². The monoisotopic (exact) mass is 570 g/mol. The Bertz CT molecular complexity index is 1250. The smallest absolute Gasteiger partial charge is 0.264 e. The Morgan fingerprint density at radius 3 is 2.61 bits per heavy atom. The van der Waals surface area contributed by atoms with Crippen LogP contribution in [0, 0.1) is 17.4 Å². The minimum absolute atomic E-state index is 0.165. The maximum atomic E-state index is 12.5. The molecule has 0 radical (unpaired) electrons. The third kappa shape index (κ3) is 5.78. The summed E-state index contributed by atoms with van der Waals surface area (Å²) >= 11 is 3.61. The number of aliphatic imine (C=N–C) groups is 1. The number of nitrogens with zero attached hydrogens (tertiary/aromatic N) is 1. The number of halogens is 1. The molecule has 5 nitrogen and oxygen atoms in total. The van der Waals surface area contributed by atoms with Gasteiger partial charge in [-0.2, -0.15) is 0 Å². The van der Waals surface area contributed by atoms with Gasteiger partial charge in [0.2, 0.25) is 0 Å². The summed E-state index contributed by atoms with van der Waals surface area (Å²) in [5.74, 6) is 1.10. The lowest BCUT2D eigenvalue weighted by atomic mass is 10.1. The molecule has 3 aromatic rings. The lowest BCUT2D eigenvalue weighted by Crippen LogP contribution is -2.19. The quantitative estimate of drug-likeness (QED) is 0.276. The predicted octanol–water partition coefficient (Wildman–Crippen LogP) is 6.39. The van der Waals surface area contributed by atoms with E-state index in [2.05, 4.69) is 32.9 Å². The summed E-state index contributed by atoms with van der Waals surface area (Å²) in [6, 6.07) is 19.8. The van der Waals surface area contributed by atoms with Crippen LogP contribution in [0.25, 0.3) is 6.08 Å². The highest BCUT2D eigenvalue weighted by Gasteiger charge is 2.24. The van der Waals surface area contributed by atoms with Crippen molar-refractivity contribution in [2.75, 3.05) is 7.11 Å². The molecule has 3 aromatic carbocycles. The number of rotatable bonds is 6. The Morgan fingerprint density at radius 1 is 1.06 bits per heavy atom. The number of benzene rings is 3. The largest absolute Gasteiger partial charge is 0.493 e. The normalized spacial score (nSPS) is 15.7. The van der Waals surface area contributed by atoms with Crippen molar-refractivity contribution in [1.29, 1.82) is 0 Å². The molecule has 0 unspecified atom stereocenters. The van der Waals surface area contributed by atoms with Crippen LogP contribution in [-0.4, -0.2) is 18.2 Å². The highest BCUT2D eigenvalue weighted by Crippen LogP contribution is 2.33. The average Bonchev–Trinajstić information content (AvgIpc) is 3.15. The number of thioether (sulfide) groups is 1. The third-order valence-electron chi connectivity index (χ3n) is 5.24. The molecule has 0 atom stereocenters. The first-order chi connectivity index (χ1) is 15.9. The van der Waals surface area contributed by atoms with Gasteiger partial charge in [0.05, 0.1) is 17.7 Å². The van der Waals surface area contributed by atoms with Gasteiger partial charge in [-0.3, -0.25) is 4.79 Å². The number of methoxy groups -OCH3 is 1. The summed E-state index contributed by atoms with van der Waals surface area (Å²) in [4.78, 5) is 17.7. The SMILES string of the molecule is COc1cc(/C=C2\SC(=Nc3cccc(C)c3C)NC2=O)ccc1OCc1ccc(I)cc1. The zero-order valence-corrected chi connectivity index (χ0v) is 21.5. The number of carbonyl (C=O) groups excluding carboxylic acids is 1. The van der Waals surface area contributed by atoms with Crippen LogP contribution in [-0.2, 0) is 11.4 Å².